The fraction of sp³-hybridized carbons (Fsp3) is 0.562. The Balaban J connectivity index is 1.71. The maximum absolute atomic E-state index is 8.62. The van der Waals surface area contributed by atoms with Gasteiger partial charge in [-0.05, 0) is 24.1 Å². The quantitative estimate of drug-likeness (QED) is 0.798. The van der Waals surface area contributed by atoms with E-state index in [1.807, 2.05) is 24.3 Å². The standard InChI is InChI=1S/C16H22N2O2/c1-2-15-13-18(9-11-19-15)10-12-20-16-5-3-14(4-6-16)7-8-17/h3-6,15H,2,7,9-13H2,1H3. The lowest BCUT2D eigenvalue weighted by molar-refractivity contribution is -0.0324. The molecule has 1 atom stereocenters. The Morgan fingerprint density at radius 1 is 1.40 bits per heavy atom. The number of rotatable bonds is 6. The van der Waals surface area contributed by atoms with Crippen LogP contribution in [-0.4, -0.2) is 43.9 Å². The molecule has 1 unspecified atom stereocenters. The van der Waals surface area contributed by atoms with E-state index in [-0.39, 0.29) is 0 Å². The molecule has 0 saturated carbocycles. The van der Waals surface area contributed by atoms with E-state index in [1.54, 1.807) is 0 Å². The van der Waals surface area contributed by atoms with Crippen molar-refractivity contribution in [2.24, 2.45) is 0 Å². The summed E-state index contributed by atoms with van der Waals surface area (Å²) in [5.41, 5.74) is 1.03. The van der Waals surface area contributed by atoms with Gasteiger partial charge < -0.3 is 9.47 Å². The van der Waals surface area contributed by atoms with Gasteiger partial charge in [-0.2, -0.15) is 5.26 Å². The Morgan fingerprint density at radius 2 is 2.20 bits per heavy atom. The molecule has 4 heteroatoms. The highest BCUT2D eigenvalue weighted by atomic mass is 16.5. The lowest BCUT2D eigenvalue weighted by Crippen LogP contribution is -2.43. The SMILES string of the molecule is CCC1CN(CCOc2ccc(CC#N)cc2)CCO1. The fourth-order valence-corrected chi connectivity index (χ4v) is 2.32. The van der Waals surface area contributed by atoms with E-state index in [9.17, 15) is 0 Å². The van der Waals surface area contributed by atoms with E-state index in [2.05, 4.69) is 17.9 Å². The number of nitrogens with zero attached hydrogens (tertiary/aromatic N) is 2. The van der Waals surface area contributed by atoms with Crippen molar-refractivity contribution >= 4 is 0 Å². The zero-order valence-electron chi connectivity index (χ0n) is 12.0. The molecular weight excluding hydrogens is 252 g/mol. The summed E-state index contributed by atoms with van der Waals surface area (Å²) >= 11 is 0. The third kappa shape index (κ3) is 4.52. The van der Waals surface area contributed by atoms with Crippen molar-refractivity contribution in [3.05, 3.63) is 29.8 Å². The second-order valence-electron chi connectivity index (χ2n) is 5.03. The van der Waals surface area contributed by atoms with E-state index < -0.39 is 0 Å². The first-order valence-electron chi connectivity index (χ1n) is 7.24. The molecule has 1 aliphatic heterocycles. The van der Waals surface area contributed by atoms with Crippen molar-refractivity contribution in [3.63, 3.8) is 0 Å². The summed E-state index contributed by atoms with van der Waals surface area (Å²) < 4.78 is 11.4. The molecule has 0 amide bonds. The maximum Gasteiger partial charge on any atom is 0.119 e. The topological polar surface area (TPSA) is 45.5 Å². The van der Waals surface area contributed by atoms with Gasteiger partial charge in [-0.25, -0.2) is 0 Å². The minimum absolute atomic E-state index is 0.369. The Labute approximate surface area is 120 Å². The van der Waals surface area contributed by atoms with E-state index in [0.29, 0.717) is 19.1 Å². The first-order valence-corrected chi connectivity index (χ1v) is 7.24. The molecule has 108 valence electrons. The van der Waals surface area contributed by atoms with Crippen molar-refractivity contribution < 1.29 is 9.47 Å². The van der Waals surface area contributed by atoms with Crippen LogP contribution in [0.15, 0.2) is 24.3 Å². The van der Waals surface area contributed by atoms with Gasteiger partial charge in [0.2, 0.25) is 0 Å². The van der Waals surface area contributed by atoms with Crippen molar-refractivity contribution in [3.8, 4) is 11.8 Å². The van der Waals surface area contributed by atoms with Crippen molar-refractivity contribution in [2.75, 3.05) is 32.8 Å². The molecule has 1 aromatic rings. The van der Waals surface area contributed by atoms with Crippen LogP contribution in [0.1, 0.15) is 18.9 Å². The second kappa shape index (κ2) is 7.88. The zero-order chi connectivity index (χ0) is 14.2. The largest absolute Gasteiger partial charge is 0.492 e. The Kier molecular flexibility index (Phi) is 5.85. The molecule has 0 N–H and O–H groups in total. The van der Waals surface area contributed by atoms with Crippen LogP contribution in [0.5, 0.6) is 5.75 Å². The smallest absolute Gasteiger partial charge is 0.119 e. The molecule has 4 nitrogen and oxygen atoms in total. The van der Waals surface area contributed by atoms with Crippen LogP contribution in [0, 0.1) is 11.3 Å². The van der Waals surface area contributed by atoms with Crippen molar-refractivity contribution in [1.29, 1.82) is 5.26 Å². The van der Waals surface area contributed by atoms with E-state index in [1.165, 1.54) is 0 Å². The molecule has 0 spiro atoms. The van der Waals surface area contributed by atoms with Crippen molar-refractivity contribution in [1.82, 2.24) is 4.90 Å². The van der Waals surface area contributed by atoms with Gasteiger partial charge in [0.05, 0.1) is 25.2 Å². The predicted octanol–water partition coefficient (Wildman–Crippen LogP) is 2.24. The first kappa shape index (κ1) is 14.8. The van der Waals surface area contributed by atoms with Gasteiger partial charge in [0.1, 0.15) is 12.4 Å². The first-order chi connectivity index (χ1) is 9.81. The highest BCUT2D eigenvalue weighted by Crippen LogP contribution is 2.13. The molecule has 1 saturated heterocycles. The molecule has 2 rings (SSSR count). The maximum atomic E-state index is 8.62. The summed E-state index contributed by atoms with van der Waals surface area (Å²) in [6.45, 7) is 6.59. The van der Waals surface area contributed by atoms with Crippen LogP contribution in [0.3, 0.4) is 0 Å². The van der Waals surface area contributed by atoms with Crippen LogP contribution in [0.4, 0.5) is 0 Å². The molecule has 0 radical (unpaired) electrons. The molecule has 20 heavy (non-hydrogen) atoms. The predicted molar refractivity (Wildman–Crippen MR) is 77.7 cm³/mol. The van der Waals surface area contributed by atoms with Gasteiger partial charge in [-0.3, -0.25) is 4.90 Å². The van der Waals surface area contributed by atoms with Gasteiger partial charge in [-0.1, -0.05) is 19.1 Å². The van der Waals surface area contributed by atoms with Gasteiger partial charge in [-0.15, -0.1) is 0 Å². The summed E-state index contributed by atoms with van der Waals surface area (Å²) in [6, 6.07) is 9.89. The Morgan fingerprint density at radius 3 is 2.90 bits per heavy atom. The molecule has 1 aliphatic rings. The summed E-state index contributed by atoms with van der Waals surface area (Å²) in [5.74, 6) is 0.868. The molecule has 1 fully saturated rings. The van der Waals surface area contributed by atoms with Gasteiger partial charge in [0.25, 0.3) is 0 Å². The highest BCUT2D eigenvalue weighted by molar-refractivity contribution is 5.28. The monoisotopic (exact) mass is 274 g/mol. The summed E-state index contributed by atoms with van der Waals surface area (Å²) in [4.78, 5) is 2.39. The van der Waals surface area contributed by atoms with Gasteiger partial charge in [0, 0.05) is 19.6 Å². The molecule has 0 aliphatic carbocycles. The minimum atomic E-state index is 0.369. The Hall–Kier alpha value is -1.57. The summed E-state index contributed by atoms with van der Waals surface area (Å²) in [7, 11) is 0. The zero-order valence-corrected chi connectivity index (χ0v) is 12.0. The van der Waals surface area contributed by atoms with Gasteiger partial charge in [0.15, 0.2) is 0 Å². The van der Waals surface area contributed by atoms with Gasteiger partial charge >= 0.3 is 0 Å². The Bertz CT molecular complexity index is 439. The van der Waals surface area contributed by atoms with Crippen LogP contribution < -0.4 is 4.74 Å². The molecule has 1 aromatic carbocycles. The number of morpholine rings is 1. The highest BCUT2D eigenvalue weighted by Gasteiger charge is 2.18. The molecular formula is C16H22N2O2. The van der Waals surface area contributed by atoms with E-state index >= 15 is 0 Å². The average Bonchev–Trinajstić information content (AvgIpc) is 2.50. The van der Waals surface area contributed by atoms with Crippen LogP contribution in [-0.2, 0) is 11.2 Å². The number of benzene rings is 1. The van der Waals surface area contributed by atoms with Crippen LogP contribution >= 0.6 is 0 Å². The summed E-state index contributed by atoms with van der Waals surface area (Å²) in [5, 5.41) is 8.62. The third-order valence-electron chi connectivity index (χ3n) is 3.56. The van der Waals surface area contributed by atoms with E-state index in [0.717, 1.165) is 44.0 Å². The van der Waals surface area contributed by atoms with Crippen molar-refractivity contribution in [2.45, 2.75) is 25.9 Å². The number of nitriles is 1. The lowest BCUT2D eigenvalue weighted by atomic mass is 10.2. The molecule has 1 heterocycles. The normalized spacial score (nSPS) is 19.5. The molecule has 0 aromatic heterocycles. The second-order valence-corrected chi connectivity index (χ2v) is 5.03. The average molecular weight is 274 g/mol. The summed E-state index contributed by atoms with van der Waals surface area (Å²) in [6.07, 6.45) is 1.89. The number of ether oxygens (including phenoxy) is 2. The lowest BCUT2D eigenvalue weighted by Gasteiger charge is -2.32. The minimum Gasteiger partial charge on any atom is -0.492 e. The number of hydrogen-bond acceptors (Lipinski definition) is 4. The third-order valence-corrected chi connectivity index (χ3v) is 3.56. The molecule has 0 bridgehead atoms. The number of hydrogen-bond donors (Lipinski definition) is 0. The van der Waals surface area contributed by atoms with E-state index in [4.69, 9.17) is 14.7 Å². The van der Waals surface area contributed by atoms with Crippen LogP contribution in [0.25, 0.3) is 0 Å². The fourth-order valence-electron chi connectivity index (χ4n) is 2.32. The van der Waals surface area contributed by atoms with Crippen LogP contribution in [0.2, 0.25) is 0 Å².